The molecule has 2 aromatic rings. The minimum absolute atomic E-state index is 0.0100. The van der Waals surface area contributed by atoms with Gasteiger partial charge in [-0.3, -0.25) is 4.68 Å². The number of anilines is 3. The highest BCUT2D eigenvalue weighted by Gasteiger charge is 2.31. The fourth-order valence-electron chi connectivity index (χ4n) is 2.34. The standard InChI is InChI=1S/C14H16ClF3N6O2/c1-7-10-12(23-24(7)6-14(16,17)18)26-5-8(25-2)3-19-11-9(15)4-20-13(21-10)22-11/h4,8H,3,5-6H2,1-2H3,(H2,19,20,21,22). The van der Waals surface area contributed by atoms with Gasteiger partial charge in [-0.15, -0.1) is 5.10 Å². The summed E-state index contributed by atoms with van der Waals surface area (Å²) in [6.07, 6.45) is -3.43. The number of alkyl halides is 3. The number of halogens is 4. The van der Waals surface area contributed by atoms with Crippen LogP contribution < -0.4 is 15.4 Å². The molecule has 26 heavy (non-hydrogen) atoms. The molecule has 142 valence electrons. The first-order chi connectivity index (χ1) is 12.3. The Labute approximate surface area is 151 Å². The van der Waals surface area contributed by atoms with E-state index in [9.17, 15) is 13.2 Å². The number of nitrogens with zero attached hydrogens (tertiary/aromatic N) is 4. The Morgan fingerprint density at radius 1 is 1.46 bits per heavy atom. The fourth-order valence-corrected chi connectivity index (χ4v) is 2.50. The summed E-state index contributed by atoms with van der Waals surface area (Å²) >= 11 is 6.06. The third kappa shape index (κ3) is 4.10. The van der Waals surface area contributed by atoms with Gasteiger partial charge in [0.2, 0.25) is 5.95 Å². The predicted molar refractivity (Wildman–Crippen MR) is 88.1 cm³/mol. The molecule has 2 N–H and O–H groups in total. The summed E-state index contributed by atoms with van der Waals surface area (Å²) < 4.78 is 50.0. The molecule has 0 aliphatic carbocycles. The molecule has 8 nitrogen and oxygen atoms in total. The smallest absolute Gasteiger partial charge is 0.408 e. The Hall–Kier alpha value is -2.27. The molecule has 2 aromatic heterocycles. The number of fused-ring (bicyclic) bond motifs is 3. The summed E-state index contributed by atoms with van der Waals surface area (Å²) in [6.45, 7) is 0.654. The third-order valence-corrected chi connectivity index (χ3v) is 4.00. The lowest BCUT2D eigenvalue weighted by molar-refractivity contribution is -0.143. The fraction of sp³-hybridized carbons (Fsp3) is 0.500. The summed E-state index contributed by atoms with van der Waals surface area (Å²) in [7, 11) is 1.50. The highest BCUT2D eigenvalue weighted by atomic mass is 35.5. The molecule has 0 aromatic carbocycles. The quantitative estimate of drug-likeness (QED) is 0.812. The molecule has 3 rings (SSSR count). The van der Waals surface area contributed by atoms with Gasteiger partial charge in [-0.1, -0.05) is 11.6 Å². The molecule has 12 heteroatoms. The second-order valence-corrected chi connectivity index (χ2v) is 6.01. The molecule has 1 aliphatic heterocycles. The van der Waals surface area contributed by atoms with Gasteiger partial charge < -0.3 is 20.1 Å². The number of nitrogens with one attached hydrogen (secondary N) is 2. The highest BCUT2D eigenvalue weighted by molar-refractivity contribution is 6.32. The van der Waals surface area contributed by atoms with E-state index in [-0.39, 0.29) is 29.8 Å². The molecule has 0 amide bonds. The summed E-state index contributed by atoms with van der Waals surface area (Å²) in [5, 5.41) is 10.1. The molecule has 0 spiro atoms. The minimum Gasteiger partial charge on any atom is -0.472 e. The van der Waals surface area contributed by atoms with Crippen molar-refractivity contribution in [2.45, 2.75) is 25.7 Å². The topological polar surface area (TPSA) is 86.1 Å². The second-order valence-electron chi connectivity index (χ2n) is 5.60. The molecular formula is C14H16ClF3N6O2. The van der Waals surface area contributed by atoms with Crippen LogP contribution >= 0.6 is 11.6 Å². The van der Waals surface area contributed by atoms with E-state index in [0.29, 0.717) is 17.4 Å². The number of ether oxygens (including phenoxy) is 2. The van der Waals surface area contributed by atoms with Gasteiger partial charge in [0.15, 0.2) is 5.82 Å². The van der Waals surface area contributed by atoms with Crippen LogP contribution in [0.3, 0.4) is 0 Å². The summed E-state index contributed by atoms with van der Waals surface area (Å²) in [4.78, 5) is 8.27. The monoisotopic (exact) mass is 392 g/mol. The Balaban J connectivity index is 2.02. The van der Waals surface area contributed by atoms with Gasteiger partial charge in [0.1, 0.15) is 30.0 Å². The van der Waals surface area contributed by atoms with Crippen molar-refractivity contribution in [3.8, 4) is 5.88 Å². The maximum atomic E-state index is 12.8. The zero-order chi connectivity index (χ0) is 18.9. The van der Waals surface area contributed by atoms with Crippen LogP contribution in [0.2, 0.25) is 5.02 Å². The molecule has 1 unspecified atom stereocenters. The second kappa shape index (κ2) is 7.16. The van der Waals surface area contributed by atoms with Crippen LogP contribution in [0.25, 0.3) is 0 Å². The average molecular weight is 393 g/mol. The van der Waals surface area contributed by atoms with Gasteiger partial charge in [-0.25, -0.2) is 4.98 Å². The van der Waals surface area contributed by atoms with Crippen molar-refractivity contribution in [3.63, 3.8) is 0 Å². The maximum absolute atomic E-state index is 12.8. The normalized spacial score (nSPS) is 17.4. The van der Waals surface area contributed by atoms with Crippen molar-refractivity contribution in [1.82, 2.24) is 19.7 Å². The summed E-state index contributed by atoms with van der Waals surface area (Å²) in [6, 6.07) is 0. The van der Waals surface area contributed by atoms with Gasteiger partial charge in [0.05, 0.1) is 11.9 Å². The van der Waals surface area contributed by atoms with Crippen molar-refractivity contribution in [2.75, 3.05) is 30.9 Å². The first-order valence-corrected chi connectivity index (χ1v) is 7.98. The van der Waals surface area contributed by atoms with Crippen LogP contribution in [0.4, 0.5) is 30.6 Å². The van der Waals surface area contributed by atoms with Crippen LogP contribution in [0, 0.1) is 6.92 Å². The van der Waals surface area contributed by atoms with Crippen LogP contribution in [-0.4, -0.2) is 52.3 Å². The third-order valence-electron chi connectivity index (χ3n) is 3.72. The molecule has 0 saturated carbocycles. The Morgan fingerprint density at radius 3 is 2.92 bits per heavy atom. The van der Waals surface area contributed by atoms with Gasteiger partial charge >= 0.3 is 6.18 Å². The number of rotatable bonds is 2. The lowest BCUT2D eigenvalue weighted by Crippen LogP contribution is -2.29. The van der Waals surface area contributed by atoms with Crippen LogP contribution in [-0.2, 0) is 11.3 Å². The van der Waals surface area contributed by atoms with Crippen LogP contribution in [0.15, 0.2) is 6.20 Å². The molecule has 0 saturated heterocycles. The molecule has 0 fully saturated rings. The van der Waals surface area contributed by atoms with Crippen molar-refractivity contribution in [2.24, 2.45) is 0 Å². The van der Waals surface area contributed by atoms with Crippen molar-refractivity contribution in [1.29, 1.82) is 0 Å². The minimum atomic E-state index is -4.42. The Kier molecular flexibility index (Phi) is 5.10. The first kappa shape index (κ1) is 18.5. The van der Waals surface area contributed by atoms with Crippen molar-refractivity contribution in [3.05, 3.63) is 16.9 Å². The van der Waals surface area contributed by atoms with Crippen LogP contribution in [0.5, 0.6) is 5.88 Å². The molecular weight excluding hydrogens is 377 g/mol. The zero-order valence-electron chi connectivity index (χ0n) is 13.9. The maximum Gasteiger partial charge on any atom is 0.408 e. The number of hydrogen-bond acceptors (Lipinski definition) is 7. The Bertz CT molecular complexity index is 798. The van der Waals surface area contributed by atoms with Crippen molar-refractivity contribution >= 4 is 29.1 Å². The first-order valence-electron chi connectivity index (χ1n) is 7.60. The van der Waals surface area contributed by atoms with Gasteiger partial charge in [-0.2, -0.15) is 18.2 Å². The molecule has 1 aliphatic rings. The number of hydrogen-bond donors (Lipinski definition) is 2. The number of aromatic nitrogens is 4. The average Bonchev–Trinajstić information content (AvgIpc) is 2.83. The lowest BCUT2D eigenvalue weighted by Gasteiger charge is -2.16. The number of methoxy groups -OCH3 is 1. The van der Waals surface area contributed by atoms with E-state index in [4.69, 9.17) is 21.1 Å². The van der Waals surface area contributed by atoms with E-state index in [0.717, 1.165) is 4.68 Å². The van der Waals surface area contributed by atoms with E-state index >= 15 is 0 Å². The van der Waals surface area contributed by atoms with E-state index in [1.807, 2.05) is 0 Å². The SMILES string of the molecule is COC1CNc2nc(ncc2Cl)Nc2c(nn(CC(F)(F)F)c2C)OC1. The van der Waals surface area contributed by atoms with Crippen molar-refractivity contribution < 1.29 is 22.6 Å². The van der Waals surface area contributed by atoms with Crippen LogP contribution in [0.1, 0.15) is 5.69 Å². The van der Waals surface area contributed by atoms with Gasteiger partial charge in [0, 0.05) is 13.7 Å². The molecule has 3 heterocycles. The van der Waals surface area contributed by atoms with Gasteiger partial charge in [-0.05, 0) is 6.92 Å². The Morgan fingerprint density at radius 2 is 2.23 bits per heavy atom. The molecule has 0 radical (unpaired) electrons. The highest BCUT2D eigenvalue weighted by Crippen LogP contribution is 2.33. The van der Waals surface area contributed by atoms with E-state index in [2.05, 4.69) is 25.7 Å². The summed E-state index contributed by atoms with van der Waals surface area (Å²) in [5.41, 5.74) is 0.484. The van der Waals surface area contributed by atoms with Gasteiger partial charge in [0.25, 0.3) is 5.88 Å². The molecule has 2 bridgehead atoms. The summed E-state index contributed by atoms with van der Waals surface area (Å²) in [5.74, 6) is 0.526. The zero-order valence-corrected chi connectivity index (χ0v) is 14.6. The van der Waals surface area contributed by atoms with E-state index in [1.54, 1.807) is 0 Å². The van der Waals surface area contributed by atoms with E-state index < -0.39 is 18.8 Å². The molecule has 1 atom stereocenters. The largest absolute Gasteiger partial charge is 0.472 e. The lowest BCUT2D eigenvalue weighted by atomic mass is 10.3. The van der Waals surface area contributed by atoms with E-state index in [1.165, 1.54) is 20.2 Å². The predicted octanol–water partition coefficient (Wildman–Crippen LogP) is 2.76.